The second-order valence-electron chi connectivity index (χ2n) is 5.35. The van der Waals surface area contributed by atoms with Crippen LogP contribution in [0.5, 0.6) is 0 Å². The lowest BCUT2D eigenvalue weighted by atomic mass is 9.91. The lowest BCUT2D eigenvalue weighted by molar-refractivity contribution is 0.00493. The van der Waals surface area contributed by atoms with Gasteiger partial charge in [-0.25, -0.2) is 0 Å². The van der Waals surface area contributed by atoms with Crippen LogP contribution < -0.4 is 5.32 Å². The second kappa shape index (κ2) is 6.82. The zero-order valence-electron chi connectivity index (χ0n) is 12.8. The first kappa shape index (κ1) is 14.9. The maximum Gasteiger partial charge on any atom is 0.0792 e. The number of pyridine rings is 1. The first-order valence-electron chi connectivity index (χ1n) is 7.31. The molecule has 0 fully saturated rings. The highest BCUT2D eigenvalue weighted by atomic mass is 16.5. The van der Waals surface area contributed by atoms with Gasteiger partial charge in [0.15, 0.2) is 0 Å². The summed E-state index contributed by atoms with van der Waals surface area (Å²) in [6, 6.07) is 10.6. The summed E-state index contributed by atoms with van der Waals surface area (Å²) in [5.41, 5.74) is 2.29. The minimum atomic E-state index is 0.149. The first-order valence-corrected chi connectivity index (χ1v) is 7.31. The fraction of sp³-hybridized carbons (Fsp3) is 0.471. The fourth-order valence-electron chi connectivity index (χ4n) is 2.76. The minimum Gasteiger partial charge on any atom is -0.376 e. The van der Waals surface area contributed by atoms with Gasteiger partial charge in [-0.15, -0.1) is 0 Å². The molecule has 3 heteroatoms. The van der Waals surface area contributed by atoms with Crippen LogP contribution in [0.1, 0.15) is 32.4 Å². The molecule has 0 radical (unpaired) electrons. The summed E-state index contributed by atoms with van der Waals surface area (Å²) in [5, 5.41) is 4.62. The van der Waals surface area contributed by atoms with Gasteiger partial charge < -0.3 is 10.1 Å². The van der Waals surface area contributed by atoms with Crippen LogP contribution >= 0.6 is 0 Å². The van der Waals surface area contributed by atoms with E-state index in [0.717, 1.165) is 12.1 Å². The van der Waals surface area contributed by atoms with Crippen LogP contribution in [-0.4, -0.2) is 24.7 Å². The maximum absolute atomic E-state index is 5.98. The molecule has 1 aromatic heterocycles. The van der Waals surface area contributed by atoms with Gasteiger partial charge in [-0.1, -0.05) is 32.0 Å². The van der Waals surface area contributed by atoms with Crippen molar-refractivity contribution in [3.05, 3.63) is 42.1 Å². The van der Waals surface area contributed by atoms with Gasteiger partial charge in [0.1, 0.15) is 0 Å². The van der Waals surface area contributed by atoms with Crippen LogP contribution in [0, 0.1) is 5.92 Å². The number of aromatic nitrogens is 1. The van der Waals surface area contributed by atoms with Crippen molar-refractivity contribution in [1.29, 1.82) is 0 Å². The highest BCUT2D eigenvalue weighted by Crippen LogP contribution is 2.29. The Morgan fingerprint density at radius 2 is 2.00 bits per heavy atom. The minimum absolute atomic E-state index is 0.149. The van der Waals surface area contributed by atoms with Crippen molar-refractivity contribution in [3.63, 3.8) is 0 Å². The van der Waals surface area contributed by atoms with Crippen molar-refractivity contribution in [3.8, 4) is 0 Å². The molecule has 0 aliphatic carbocycles. The number of fused-ring (bicyclic) bond motifs is 1. The van der Waals surface area contributed by atoms with Crippen LogP contribution in [0.15, 0.2) is 36.5 Å². The number of ether oxygens (including phenoxy) is 1. The van der Waals surface area contributed by atoms with Crippen LogP contribution in [0.2, 0.25) is 0 Å². The molecule has 0 saturated carbocycles. The van der Waals surface area contributed by atoms with Crippen LogP contribution in [0.3, 0.4) is 0 Å². The molecule has 0 saturated heterocycles. The van der Waals surface area contributed by atoms with Crippen molar-refractivity contribution in [2.24, 2.45) is 5.92 Å². The molecule has 0 aliphatic heterocycles. The van der Waals surface area contributed by atoms with Crippen molar-refractivity contribution in [2.75, 3.05) is 13.7 Å². The predicted molar refractivity (Wildman–Crippen MR) is 83.8 cm³/mol. The predicted octanol–water partition coefficient (Wildman–Crippen LogP) is 3.56. The van der Waals surface area contributed by atoms with Crippen molar-refractivity contribution in [1.82, 2.24) is 10.3 Å². The third-order valence-electron chi connectivity index (χ3n) is 3.67. The average Bonchev–Trinajstić information content (AvgIpc) is 2.47. The summed E-state index contributed by atoms with van der Waals surface area (Å²) < 4.78 is 5.98. The zero-order chi connectivity index (χ0) is 14.5. The highest BCUT2D eigenvalue weighted by molar-refractivity contribution is 5.82. The molecule has 20 heavy (non-hydrogen) atoms. The number of likely N-dealkylation sites (N-methyl/N-ethyl adjacent to an activating group) is 1. The van der Waals surface area contributed by atoms with Gasteiger partial charge in [0.2, 0.25) is 0 Å². The van der Waals surface area contributed by atoms with Crippen LogP contribution in [0.25, 0.3) is 10.9 Å². The number of benzene rings is 1. The monoisotopic (exact) mass is 272 g/mol. The standard InChI is InChI=1S/C17H24N2O/c1-5-20-17(12(2)3)16(18-4)14-8-6-10-15-13(14)9-7-11-19-15/h6-12,16-18H,5H2,1-4H3. The number of nitrogens with one attached hydrogen (secondary N) is 1. The summed E-state index contributed by atoms with van der Waals surface area (Å²) in [6.07, 6.45) is 1.99. The molecule has 0 spiro atoms. The molecule has 2 unspecified atom stereocenters. The van der Waals surface area contributed by atoms with E-state index in [0.29, 0.717) is 5.92 Å². The number of hydrogen-bond donors (Lipinski definition) is 1. The van der Waals surface area contributed by atoms with E-state index >= 15 is 0 Å². The molecule has 2 aromatic rings. The van der Waals surface area contributed by atoms with Crippen molar-refractivity contribution >= 4 is 10.9 Å². The number of rotatable bonds is 6. The van der Waals surface area contributed by atoms with Crippen LogP contribution in [-0.2, 0) is 4.74 Å². The van der Waals surface area contributed by atoms with Gasteiger partial charge in [0, 0.05) is 18.2 Å². The quantitative estimate of drug-likeness (QED) is 0.873. The zero-order valence-corrected chi connectivity index (χ0v) is 12.8. The molecule has 1 aromatic carbocycles. The van der Waals surface area contributed by atoms with E-state index in [2.05, 4.69) is 48.4 Å². The molecule has 1 N–H and O–H groups in total. The van der Waals surface area contributed by atoms with E-state index in [-0.39, 0.29) is 12.1 Å². The maximum atomic E-state index is 5.98. The van der Waals surface area contributed by atoms with Gasteiger partial charge >= 0.3 is 0 Å². The first-order chi connectivity index (χ1) is 9.69. The van der Waals surface area contributed by atoms with Gasteiger partial charge in [-0.05, 0) is 37.6 Å². The third-order valence-corrected chi connectivity index (χ3v) is 3.67. The third kappa shape index (κ3) is 3.00. The lowest BCUT2D eigenvalue weighted by Gasteiger charge is -2.30. The largest absolute Gasteiger partial charge is 0.376 e. The Balaban J connectivity index is 2.48. The molecule has 2 atom stereocenters. The number of hydrogen-bond acceptors (Lipinski definition) is 3. The molecular weight excluding hydrogens is 248 g/mol. The summed E-state index contributed by atoms with van der Waals surface area (Å²) in [4.78, 5) is 4.44. The van der Waals surface area contributed by atoms with Gasteiger partial charge in [-0.3, -0.25) is 4.98 Å². The fourth-order valence-corrected chi connectivity index (χ4v) is 2.76. The Hall–Kier alpha value is -1.45. The molecule has 1 heterocycles. The lowest BCUT2D eigenvalue weighted by Crippen LogP contribution is -2.35. The Labute approximate surface area is 121 Å². The van der Waals surface area contributed by atoms with E-state index < -0.39 is 0 Å². The van der Waals surface area contributed by atoms with E-state index in [4.69, 9.17) is 4.74 Å². The average molecular weight is 272 g/mol. The Morgan fingerprint density at radius 3 is 2.65 bits per heavy atom. The second-order valence-corrected chi connectivity index (χ2v) is 5.35. The molecule has 3 nitrogen and oxygen atoms in total. The van der Waals surface area contributed by atoms with E-state index in [1.54, 1.807) is 0 Å². The summed E-state index contributed by atoms with van der Waals surface area (Å²) in [6.45, 7) is 7.18. The molecule has 0 amide bonds. The molecular formula is C17H24N2O. The van der Waals surface area contributed by atoms with Crippen molar-refractivity contribution < 1.29 is 4.74 Å². The van der Waals surface area contributed by atoms with Gasteiger partial charge in [-0.2, -0.15) is 0 Å². The Kier molecular flexibility index (Phi) is 5.10. The van der Waals surface area contributed by atoms with Gasteiger partial charge in [0.25, 0.3) is 0 Å². The number of nitrogens with zero attached hydrogens (tertiary/aromatic N) is 1. The topological polar surface area (TPSA) is 34.1 Å². The summed E-state index contributed by atoms with van der Waals surface area (Å²) in [5.74, 6) is 0.444. The Bertz CT molecular complexity index is 548. The highest BCUT2D eigenvalue weighted by Gasteiger charge is 2.26. The molecule has 2 rings (SSSR count). The summed E-state index contributed by atoms with van der Waals surface area (Å²) >= 11 is 0. The summed E-state index contributed by atoms with van der Waals surface area (Å²) in [7, 11) is 1.99. The smallest absolute Gasteiger partial charge is 0.0792 e. The van der Waals surface area contributed by atoms with Crippen molar-refractivity contribution in [2.45, 2.75) is 32.9 Å². The van der Waals surface area contributed by atoms with E-state index in [1.165, 1.54) is 10.9 Å². The molecule has 0 bridgehead atoms. The molecule has 108 valence electrons. The van der Waals surface area contributed by atoms with E-state index in [9.17, 15) is 0 Å². The van der Waals surface area contributed by atoms with Crippen LogP contribution in [0.4, 0.5) is 0 Å². The van der Waals surface area contributed by atoms with Gasteiger partial charge in [0.05, 0.1) is 17.7 Å². The SMILES string of the molecule is CCOC(C(C)C)C(NC)c1cccc2ncccc12. The molecule has 0 aliphatic rings. The Morgan fingerprint density at radius 1 is 1.20 bits per heavy atom. The van der Waals surface area contributed by atoms with E-state index in [1.807, 2.05) is 26.2 Å². The normalized spacial score (nSPS) is 14.7.